The van der Waals surface area contributed by atoms with Crippen molar-refractivity contribution >= 4 is 17.5 Å². The van der Waals surface area contributed by atoms with Crippen molar-refractivity contribution in [1.29, 1.82) is 0 Å². The van der Waals surface area contributed by atoms with Crippen LogP contribution >= 0.6 is 11.6 Å². The van der Waals surface area contributed by atoms with E-state index in [9.17, 15) is 4.79 Å². The van der Waals surface area contributed by atoms with Gasteiger partial charge in [0.1, 0.15) is 0 Å². The van der Waals surface area contributed by atoms with Crippen molar-refractivity contribution in [2.24, 2.45) is 0 Å². The summed E-state index contributed by atoms with van der Waals surface area (Å²) in [6.07, 6.45) is 3.46. The molecule has 1 amide bonds. The molecule has 0 bridgehead atoms. The summed E-state index contributed by atoms with van der Waals surface area (Å²) >= 11 is 6.08. The number of benzene rings is 2. The van der Waals surface area contributed by atoms with E-state index in [-0.39, 0.29) is 11.9 Å². The van der Waals surface area contributed by atoms with Gasteiger partial charge in [-0.2, -0.15) is 0 Å². The highest BCUT2D eigenvalue weighted by Gasteiger charge is 2.45. The van der Waals surface area contributed by atoms with Crippen molar-refractivity contribution in [2.75, 3.05) is 20.3 Å². The van der Waals surface area contributed by atoms with Gasteiger partial charge in [-0.05, 0) is 54.5 Å². The topological polar surface area (TPSA) is 29.5 Å². The smallest absolute Gasteiger partial charge is 0.233 e. The molecule has 0 aromatic heterocycles. The normalized spacial score (nSPS) is 21.2. The summed E-state index contributed by atoms with van der Waals surface area (Å²) in [6.45, 7) is 1.23. The molecule has 3 nitrogen and oxygen atoms in total. The quantitative estimate of drug-likeness (QED) is 0.795. The summed E-state index contributed by atoms with van der Waals surface area (Å²) in [5.74, 6) is 0.199. The fraction of sp³-hybridized carbons (Fsp3) is 0.409. The molecule has 1 fully saturated rings. The molecule has 1 saturated heterocycles. The van der Waals surface area contributed by atoms with E-state index in [2.05, 4.69) is 24.3 Å². The Kier molecular flexibility index (Phi) is 4.76. The Labute approximate surface area is 159 Å². The van der Waals surface area contributed by atoms with Crippen LogP contribution in [0.2, 0.25) is 5.02 Å². The molecule has 1 heterocycles. The molecular weight excluding hydrogens is 346 g/mol. The summed E-state index contributed by atoms with van der Waals surface area (Å²) in [5.41, 5.74) is 3.19. The Balaban J connectivity index is 1.68. The van der Waals surface area contributed by atoms with Crippen LogP contribution in [-0.2, 0) is 21.4 Å². The van der Waals surface area contributed by atoms with Gasteiger partial charge in [-0.25, -0.2) is 0 Å². The van der Waals surface area contributed by atoms with Crippen LogP contribution in [0.15, 0.2) is 48.5 Å². The van der Waals surface area contributed by atoms with Gasteiger partial charge in [-0.1, -0.05) is 48.0 Å². The minimum Gasteiger partial charge on any atom is -0.381 e. The number of hydrogen-bond donors (Lipinski definition) is 0. The summed E-state index contributed by atoms with van der Waals surface area (Å²) in [7, 11) is 1.96. The van der Waals surface area contributed by atoms with Gasteiger partial charge in [0.15, 0.2) is 0 Å². The largest absolute Gasteiger partial charge is 0.381 e. The number of ether oxygens (including phenoxy) is 1. The molecular formula is C22H24ClNO2. The molecule has 2 aromatic carbocycles. The first-order valence-electron chi connectivity index (χ1n) is 9.31. The third-order valence-corrected chi connectivity index (χ3v) is 6.29. The van der Waals surface area contributed by atoms with Gasteiger partial charge in [-0.3, -0.25) is 4.79 Å². The number of carbonyl (C=O) groups excluding carboxylic acids is 1. The standard InChI is InChI=1S/C22H24ClNO2/c1-24(20-11-6-16-4-2-3-5-19(16)20)21(25)22(12-14-26-15-13-22)17-7-9-18(23)10-8-17/h2-5,7-10,20H,6,11-15H2,1H3. The first-order valence-corrected chi connectivity index (χ1v) is 9.68. The van der Waals surface area contributed by atoms with Crippen LogP contribution in [0.1, 0.15) is 42.0 Å². The predicted octanol–water partition coefficient (Wildman–Crippen LogP) is 4.53. The number of fused-ring (bicyclic) bond motifs is 1. The molecule has 0 N–H and O–H groups in total. The highest BCUT2D eigenvalue weighted by atomic mass is 35.5. The Hall–Kier alpha value is -1.84. The Morgan fingerprint density at radius 3 is 2.54 bits per heavy atom. The van der Waals surface area contributed by atoms with Crippen LogP contribution in [0.25, 0.3) is 0 Å². The SMILES string of the molecule is CN(C(=O)C1(c2ccc(Cl)cc2)CCOCC1)C1CCc2ccccc21. The van der Waals surface area contributed by atoms with Crippen LogP contribution in [0.4, 0.5) is 0 Å². The lowest BCUT2D eigenvalue weighted by molar-refractivity contribution is -0.142. The van der Waals surface area contributed by atoms with Gasteiger partial charge in [0, 0.05) is 25.3 Å². The van der Waals surface area contributed by atoms with E-state index < -0.39 is 5.41 Å². The fourth-order valence-corrected chi connectivity index (χ4v) is 4.66. The number of nitrogens with zero attached hydrogens (tertiary/aromatic N) is 1. The predicted molar refractivity (Wildman–Crippen MR) is 103 cm³/mol. The third-order valence-electron chi connectivity index (χ3n) is 6.04. The molecule has 1 atom stereocenters. The second kappa shape index (κ2) is 7.05. The van der Waals surface area contributed by atoms with Gasteiger partial charge >= 0.3 is 0 Å². The molecule has 1 unspecified atom stereocenters. The monoisotopic (exact) mass is 369 g/mol. The zero-order valence-corrected chi connectivity index (χ0v) is 15.8. The molecule has 0 radical (unpaired) electrons. The molecule has 1 aliphatic heterocycles. The lowest BCUT2D eigenvalue weighted by Gasteiger charge is -2.41. The average molecular weight is 370 g/mol. The summed E-state index contributed by atoms with van der Waals surface area (Å²) in [6, 6.07) is 16.4. The van der Waals surface area contributed by atoms with Crippen molar-refractivity contribution in [3.05, 3.63) is 70.2 Å². The maximum atomic E-state index is 13.7. The number of aryl methyl sites for hydroxylation is 1. The van der Waals surface area contributed by atoms with Crippen molar-refractivity contribution in [3.8, 4) is 0 Å². The van der Waals surface area contributed by atoms with E-state index in [4.69, 9.17) is 16.3 Å². The van der Waals surface area contributed by atoms with Gasteiger partial charge in [-0.15, -0.1) is 0 Å². The van der Waals surface area contributed by atoms with E-state index in [1.807, 2.05) is 36.2 Å². The maximum Gasteiger partial charge on any atom is 0.233 e. The van der Waals surface area contributed by atoms with Crippen LogP contribution in [0.3, 0.4) is 0 Å². The first-order chi connectivity index (χ1) is 12.6. The van der Waals surface area contributed by atoms with Crippen molar-refractivity contribution < 1.29 is 9.53 Å². The number of carbonyl (C=O) groups is 1. The van der Waals surface area contributed by atoms with Crippen molar-refractivity contribution in [3.63, 3.8) is 0 Å². The van der Waals surface area contributed by atoms with Crippen molar-refractivity contribution in [2.45, 2.75) is 37.1 Å². The molecule has 4 heteroatoms. The van der Waals surface area contributed by atoms with Crippen LogP contribution in [0.5, 0.6) is 0 Å². The van der Waals surface area contributed by atoms with Gasteiger partial charge < -0.3 is 9.64 Å². The molecule has 26 heavy (non-hydrogen) atoms. The summed E-state index contributed by atoms with van der Waals surface area (Å²) in [5, 5.41) is 0.696. The number of halogens is 1. The molecule has 136 valence electrons. The molecule has 0 saturated carbocycles. The Morgan fingerprint density at radius 2 is 1.81 bits per heavy atom. The first kappa shape index (κ1) is 17.6. The Bertz CT molecular complexity index is 796. The number of hydrogen-bond acceptors (Lipinski definition) is 2. The van der Waals surface area contributed by atoms with E-state index in [1.165, 1.54) is 11.1 Å². The maximum absolute atomic E-state index is 13.7. The second-order valence-electron chi connectivity index (χ2n) is 7.37. The van der Waals surface area contributed by atoms with Gasteiger partial charge in [0.2, 0.25) is 5.91 Å². The molecule has 1 aliphatic carbocycles. The molecule has 2 aromatic rings. The molecule has 2 aliphatic rings. The van der Waals surface area contributed by atoms with E-state index in [1.54, 1.807) is 0 Å². The average Bonchev–Trinajstić information content (AvgIpc) is 3.12. The zero-order valence-electron chi connectivity index (χ0n) is 15.1. The van der Waals surface area contributed by atoms with Crippen LogP contribution in [-0.4, -0.2) is 31.1 Å². The number of amides is 1. The minimum absolute atomic E-state index is 0.158. The lowest BCUT2D eigenvalue weighted by atomic mass is 9.72. The van der Waals surface area contributed by atoms with E-state index in [0.29, 0.717) is 31.1 Å². The van der Waals surface area contributed by atoms with Crippen molar-refractivity contribution in [1.82, 2.24) is 4.90 Å². The van der Waals surface area contributed by atoms with E-state index in [0.717, 1.165) is 18.4 Å². The van der Waals surface area contributed by atoms with E-state index >= 15 is 0 Å². The highest BCUT2D eigenvalue weighted by Crippen LogP contribution is 2.41. The second-order valence-corrected chi connectivity index (χ2v) is 7.81. The molecule has 4 rings (SSSR count). The fourth-order valence-electron chi connectivity index (χ4n) is 4.53. The number of likely N-dealkylation sites (N-methyl/N-ethyl adjacent to an activating group) is 1. The number of rotatable bonds is 3. The summed E-state index contributed by atoms with van der Waals surface area (Å²) < 4.78 is 5.58. The van der Waals surface area contributed by atoms with Crippen LogP contribution < -0.4 is 0 Å². The minimum atomic E-state index is -0.519. The highest BCUT2D eigenvalue weighted by molar-refractivity contribution is 6.30. The Morgan fingerprint density at radius 1 is 1.12 bits per heavy atom. The van der Waals surface area contributed by atoms with Gasteiger partial charge in [0.05, 0.1) is 11.5 Å². The molecule has 0 spiro atoms. The van der Waals surface area contributed by atoms with Gasteiger partial charge in [0.25, 0.3) is 0 Å². The zero-order chi connectivity index (χ0) is 18.1. The third kappa shape index (κ3) is 2.93. The lowest BCUT2D eigenvalue weighted by Crippen LogP contribution is -2.49. The van der Waals surface area contributed by atoms with Crippen LogP contribution in [0, 0.1) is 0 Å². The summed E-state index contributed by atoms with van der Waals surface area (Å²) in [4.78, 5) is 15.7.